The van der Waals surface area contributed by atoms with Gasteiger partial charge in [-0.1, -0.05) is 0 Å². The number of carbonyl (C=O) groups excluding carboxylic acids is 2. The van der Waals surface area contributed by atoms with Crippen LogP contribution < -0.4 is 16.0 Å². The Labute approximate surface area is 135 Å². The van der Waals surface area contributed by atoms with E-state index in [1.165, 1.54) is 0 Å². The average molecular weight is 320 g/mol. The lowest BCUT2D eigenvalue weighted by Gasteiger charge is -2.24. The summed E-state index contributed by atoms with van der Waals surface area (Å²) in [6, 6.07) is -0.194. The van der Waals surface area contributed by atoms with Gasteiger partial charge in [0.15, 0.2) is 0 Å². The zero-order valence-corrected chi connectivity index (χ0v) is 13.5. The van der Waals surface area contributed by atoms with E-state index in [-0.39, 0.29) is 24.4 Å². The number of nitrogens with zero attached hydrogens (tertiary/aromatic N) is 3. The number of aromatic nitrogens is 3. The highest BCUT2D eigenvalue weighted by Gasteiger charge is 2.24. The summed E-state index contributed by atoms with van der Waals surface area (Å²) in [5.74, 6) is 1.60. The van der Waals surface area contributed by atoms with Crippen LogP contribution >= 0.6 is 0 Å². The molecule has 8 heteroatoms. The van der Waals surface area contributed by atoms with Gasteiger partial charge in [0.2, 0.25) is 11.8 Å². The van der Waals surface area contributed by atoms with E-state index in [1.807, 2.05) is 11.6 Å². The van der Waals surface area contributed by atoms with Crippen LogP contribution in [0.5, 0.6) is 0 Å². The Morgan fingerprint density at radius 2 is 2.26 bits per heavy atom. The standard InChI is InChI=1S/C15H24N6O2/c1-10-18-13-6-5-11(9-21(13)20-10)17-8-14(22)19-12-4-2-3-7-16-15(12)23/h11-12,17H,2-9H2,1H3,(H,16,23)(H,19,22). The fourth-order valence-corrected chi connectivity index (χ4v) is 3.16. The summed E-state index contributed by atoms with van der Waals surface area (Å²) >= 11 is 0. The molecule has 0 radical (unpaired) electrons. The SMILES string of the molecule is Cc1nc2n(n1)CC(NCC(=O)NC1CCCCNC1=O)CC2. The minimum atomic E-state index is -0.400. The molecule has 0 aromatic carbocycles. The van der Waals surface area contributed by atoms with Crippen molar-refractivity contribution in [3.63, 3.8) is 0 Å². The second kappa shape index (κ2) is 7.08. The number of aryl methyl sites for hydroxylation is 2. The Morgan fingerprint density at radius 3 is 3.13 bits per heavy atom. The monoisotopic (exact) mass is 320 g/mol. The smallest absolute Gasteiger partial charge is 0.242 e. The topological polar surface area (TPSA) is 101 Å². The van der Waals surface area contributed by atoms with Crippen molar-refractivity contribution in [3.8, 4) is 0 Å². The van der Waals surface area contributed by atoms with Crippen molar-refractivity contribution in [2.75, 3.05) is 13.1 Å². The molecular weight excluding hydrogens is 296 g/mol. The van der Waals surface area contributed by atoms with Crippen LogP contribution in [-0.4, -0.2) is 51.8 Å². The molecule has 2 unspecified atom stereocenters. The molecule has 2 amide bonds. The summed E-state index contributed by atoms with van der Waals surface area (Å²) < 4.78 is 1.91. The first-order valence-electron chi connectivity index (χ1n) is 8.32. The second-order valence-corrected chi connectivity index (χ2v) is 6.28. The van der Waals surface area contributed by atoms with Gasteiger partial charge >= 0.3 is 0 Å². The molecule has 0 bridgehead atoms. The first-order valence-corrected chi connectivity index (χ1v) is 8.32. The van der Waals surface area contributed by atoms with Gasteiger partial charge in [-0.3, -0.25) is 9.59 Å². The summed E-state index contributed by atoms with van der Waals surface area (Å²) in [6.07, 6.45) is 4.44. The largest absolute Gasteiger partial charge is 0.354 e. The minimum absolute atomic E-state index is 0.0729. The van der Waals surface area contributed by atoms with E-state index in [0.29, 0.717) is 13.0 Å². The van der Waals surface area contributed by atoms with Crippen LogP contribution in [0.2, 0.25) is 0 Å². The van der Waals surface area contributed by atoms with Crippen LogP contribution in [0.1, 0.15) is 37.3 Å². The maximum absolute atomic E-state index is 12.1. The number of hydrogen-bond acceptors (Lipinski definition) is 5. The van der Waals surface area contributed by atoms with Gasteiger partial charge in [-0.2, -0.15) is 5.10 Å². The predicted molar refractivity (Wildman–Crippen MR) is 83.7 cm³/mol. The Kier molecular flexibility index (Phi) is 4.90. The van der Waals surface area contributed by atoms with E-state index in [1.54, 1.807) is 0 Å². The first-order chi connectivity index (χ1) is 11.1. The number of amides is 2. The zero-order valence-electron chi connectivity index (χ0n) is 13.5. The quantitative estimate of drug-likeness (QED) is 0.679. The Morgan fingerprint density at radius 1 is 1.39 bits per heavy atom. The highest BCUT2D eigenvalue weighted by Crippen LogP contribution is 2.12. The summed E-state index contributed by atoms with van der Waals surface area (Å²) in [7, 11) is 0. The lowest BCUT2D eigenvalue weighted by Crippen LogP contribution is -2.49. The van der Waals surface area contributed by atoms with Crippen LogP contribution in [0.25, 0.3) is 0 Å². The fraction of sp³-hybridized carbons (Fsp3) is 0.733. The minimum Gasteiger partial charge on any atom is -0.354 e. The van der Waals surface area contributed by atoms with Gasteiger partial charge < -0.3 is 16.0 Å². The number of hydrogen-bond donors (Lipinski definition) is 3. The van der Waals surface area contributed by atoms with Gasteiger partial charge in [-0.05, 0) is 32.6 Å². The molecule has 1 saturated heterocycles. The van der Waals surface area contributed by atoms with Gasteiger partial charge in [-0.15, -0.1) is 0 Å². The van der Waals surface area contributed by atoms with Crippen LogP contribution in [0.4, 0.5) is 0 Å². The lowest BCUT2D eigenvalue weighted by atomic mass is 10.1. The van der Waals surface area contributed by atoms with E-state index in [0.717, 1.165) is 43.9 Å². The Hall–Kier alpha value is -1.96. The molecule has 2 atom stereocenters. The van der Waals surface area contributed by atoms with E-state index in [2.05, 4.69) is 26.0 Å². The molecule has 0 saturated carbocycles. The van der Waals surface area contributed by atoms with E-state index in [9.17, 15) is 9.59 Å². The number of nitrogens with one attached hydrogen (secondary N) is 3. The van der Waals surface area contributed by atoms with Crippen molar-refractivity contribution < 1.29 is 9.59 Å². The molecule has 2 aliphatic heterocycles. The van der Waals surface area contributed by atoms with Crippen molar-refractivity contribution in [1.82, 2.24) is 30.7 Å². The van der Waals surface area contributed by atoms with Crippen molar-refractivity contribution >= 4 is 11.8 Å². The van der Waals surface area contributed by atoms with Gasteiger partial charge in [0.1, 0.15) is 17.7 Å². The third kappa shape index (κ3) is 4.07. The molecule has 2 aliphatic rings. The maximum Gasteiger partial charge on any atom is 0.242 e. The average Bonchev–Trinajstić information content (AvgIpc) is 2.78. The Bertz CT molecular complexity index is 585. The number of carbonyl (C=O) groups is 2. The van der Waals surface area contributed by atoms with Crippen molar-refractivity contribution in [1.29, 1.82) is 0 Å². The van der Waals surface area contributed by atoms with Crippen molar-refractivity contribution in [2.45, 2.75) is 57.7 Å². The third-order valence-electron chi connectivity index (χ3n) is 4.39. The molecule has 3 rings (SSSR count). The van der Waals surface area contributed by atoms with Crippen LogP contribution in [0, 0.1) is 6.92 Å². The molecule has 1 aromatic rings. The molecule has 1 aromatic heterocycles. The van der Waals surface area contributed by atoms with E-state index >= 15 is 0 Å². The molecule has 23 heavy (non-hydrogen) atoms. The highest BCUT2D eigenvalue weighted by atomic mass is 16.2. The second-order valence-electron chi connectivity index (χ2n) is 6.28. The zero-order chi connectivity index (χ0) is 16.2. The Balaban J connectivity index is 1.45. The van der Waals surface area contributed by atoms with Gasteiger partial charge in [0.05, 0.1) is 13.1 Å². The van der Waals surface area contributed by atoms with Crippen LogP contribution in [0.3, 0.4) is 0 Å². The maximum atomic E-state index is 12.1. The number of rotatable bonds is 4. The van der Waals surface area contributed by atoms with Crippen molar-refractivity contribution in [2.24, 2.45) is 0 Å². The van der Waals surface area contributed by atoms with E-state index < -0.39 is 6.04 Å². The highest BCUT2D eigenvalue weighted by molar-refractivity contribution is 5.88. The van der Waals surface area contributed by atoms with E-state index in [4.69, 9.17) is 0 Å². The summed E-state index contributed by atoms with van der Waals surface area (Å²) in [5.41, 5.74) is 0. The summed E-state index contributed by atoms with van der Waals surface area (Å²) in [6.45, 7) is 3.54. The molecule has 3 N–H and O–H groups in total. The molecule has 126 valence electrons. The number of fused-ring (bicyclic) bond motifs is 1. The van der Waals surface area contributed by atoms with Gasteiger partial charge in [-0.25, -0.2) is 9.67 Å². The molecular formula is C15H24N6O2. The van der Waals surface area contributed by atoms with Gasteiger partial charge in [0, 0.05) is 19.0 Å². The molecule has 8 nitrogen and oxygen atoms in total. The fourth-order valence-electron chi connectivity index (χ4n) is 3.16. The van der Waals surface area contributed by atoms with Crippen LogP contribution in [0.15, 0.2) is 0 Å². The molecule has 1 fully saturated rings. The van der Waals surface area contributed by atoms with Gasteiger partial charge in [0.25, 0.3) is 0 Å². The molecule has 0 spiro atoms. The predicted octanol–water partition coefficient (Wildman–Crippen LogP) is -0.724. The lowest BCUT2D eigenvalue weighted by molar-refractivity contribution is -0.128. The summed E-state index contributed by atoms with van der Waals surface area (Å²) in [4.78, 5) is 28.3. The molecule has 0 aliphatic carbocycles. The molecule has 3 heterocycles. The van der Waals surface area contributed by atoms with Crippen molar-refractivity contribution in [3.05, 3.63) is 11.6 Å². The van der Waals surface area contributed by atoms with Crippen LogP contribution in [-0.2, 0) is 22.6 Å². The third-order valence-corrected chi connectivity index (χ3v) is 4.39. The summed E-state index contributed by atoms with van der Waals surface area (Å²) in [5, 5.41) is 13.3. The first kappa shape index (κ1) is 15.9. The normalized spacial score (nSPS) is 24.5.